The average Bonchev–Trinajstić information content (AvgIpc) is 3.31. The van der Waals surface area contributed by atoms with Gasteiger partial charge in [0.05, 0.1) is 29.1 Å². The molecular weight excluding hydrogens is 483 g/mol. The lowest BCUT2D eigenvalue weighted by atomic mass is 10.1. The molecule has 0 amide bonds. The lowest BCUT2D eigenvalue weighted by Crippen LogP contribution is -2.49. The van der Waals surface area contributed by atoms with Gasteiger partial charge in [-0.1, -0.05) is 6.07 Å². The summed E-state index contributed by atoms with van der Waals surface area (Å²) in [4.78, 5) is 22.3. The molecular formula is C25H24F3N9. The minimum Gasteiger partial charge on any atom is -0.354 e. The number of aromatic amines is 1. The van der Waals surface area contributed by atoms with Crippen LogP contribution in [0.25, 0.3) is 22.3 Å². The molecule has 5 rings (SSSR count). The smallest absolute Gasteiger partial charge is 0.354 e. The van der Waals surface area contributed by atoms with Gasteiger partial charge in [-0.25, -0.2) is 19.9 Å². The van der Waals surface area contributed by atoms with Crippen LogP contribution in [-0.2, 0) is 6.18 Å². The summed E-state index contributed by atoms with van der Waals surface area (Å²) in [6, 6.07) is 7.16. The number of piperazine rings is 1. The first-order chi connectivity index (χ1) is 17.7. The zero-order chi connectivity index (χ0) is 26.2. The first-order valence-corrected chi connectivity index (χ1v) is 11.8. The van der Waals surface area contributed by atoms with Gasteiger partial charge in [0.15, 0.2) is 0 Å². The summed E-state index contributed by atoms with van der Waals surface area (Å²) in [5, 5.41) is 16.4. The molecule has 12 heteroatoms. The Morgan fingerprint density at radius 3 is 2.73 bits per heavy atom. The van der Waals surface area contributed by atoms with Crippen molar-refractivity contribution in [1.29, 1.82) is 5.26 Å². The van der Waals surface area contributed by atoms with Crippen LogP contribution in [0.5, 0.6) is 0 Å². The molecule has 0 aliphatic carbocycles. The van der Waals surface area contributed by atoms with Gasteiger partial charge in [0.1, 0.15) is 17.5 Å². The third-order valence-corrected chi connectivity index (χ3v) is 6.33. The van der Waals surface area contributed by atoms with Crippen LogP contribution in [0.15, 0.2) is 43.0 Å². The fourth-order valence-electron chi connectivity index (χ4n) is 4.35. The zero-order valence-corrected chi connectivity index (χ0v) is 20.1. The molecule has 1 aliphatic heterocycles. The van der Waals surface area contributed by atoms with E-state index in [4.69, 9.17) is 0 Å². The number of aromatic nitrogens is 5. The minimum atomic E-state index is -4.55. The maximum absolute atomic E-state index is 13.3. The van der Waals surface area contributed by atoms with Gasteiger partial charge in [-0.3, -0.25) is 0 Å². The largest absolute Gasteiger partial charge is 0.417 e. The van der Waals surface area contributed by atoms with Crippen LogP contribution in [0.1, 0.15) is 36.6 Å². The van der Waals surface area contributed by atoms with Crippen LogP contribution in [0.3, 0.4) is 0 Å². The Morgan fingerprint density at radius 1 is 1.19 bits per heavy atom. The van der Waals surface area contributed by atoms with E-state index in [1.165, 1.54) is 12.4 Å². The van der Waals surface area contributed by atoms with E-state index in [0.29, 0.717) is 11.6 Å². The molecule has 0 bridgehead atoms. The van der Waals surface area contributed by atoms with Crippen molar-refractivity contribution in [2.24, 2.45) is 0 Å². The van der Waals surface area contributed by atoms with E-state index in [1.54, 1.807) is 6.20 Å². The number of hydrogen-bond acceptors (Lipinski definition) is 8. The zero-order valence-electron chi connectivity index (χ0n) is 20.1. The molecule has 1 saturated heterocycles. The van der Waals surface area contributed by atoms with Crippen molar-refractivity contribution in [3.8, 4) is 17.3 Å². The van der Waals surface area contributed by atoms with Gasteiger partial charge >= 0.3 is 6.18 Å². The number of halogens is 3. The molecule has 5 heterocycles. The van der Waals surface area contributed by atoms with Crippen molar-refractivity contribution >= 4 is 22.8 Å². The number of anilines is 2. The lowest BCUT2D eigenvalue weighted by molar-refractivity contribution is -0.137. The summed E-state index contributed by atoms with van der Waals surface area (Å²) < 4.78 is 39.8. The number of pyridine rings is 2. The second-order valence-corrected chi connectivity index (χ2v) is 9.00. The summed E-state index contributed by atoms with van der Waals surface area (Å²) in [7, 11) is 0. The number of fused-ring (bicyclic) bond motifs is 1. The summed E-state index contributed by atoms with van der Waals surface area (Å²) in [6.45, 7) is 6.75. The van der Waals surface area contributed by atoms with E-state index in [0.717, 1.165) is 43.3 Å². The van der Waals surface area contributed by atoms with Gasteiger partial charge in [0.25, 0.3) is 0 Å². The van der Waals surface area contributed by atoms with E-state index in [1.807, 2.05) is 25.1 Å². The fourth-order valence-corrected chi connectivity index (χ4v) is 4.35. The Morgan fingerprint density at radius 2 is 2.03 bits per heavy atom. The second kappa shape index (κ2) is 9.67. The molecule has 190 valence electrons. The summed E-state index contributed by atoms with van der Waals surface area (Å²) in [5.74, 6) is 1.14. The molecule has 9 nitrogen and oxygen atoms in total. The normalized spacial score (nSPS) is 17.0. The molecule has 0 radical (unpaired) electrons. The number of nitrogens with zero attached hydrogens (tertiary/aromatic N) is 6. The third kappa shape index (κ3) is 5.03. The standard InChI is InChI=1S/C25H24F3N9/c1-14-13-37(6-5-30-14)21-4-3-16(9-31-21)15(2)35-24-34-10-17(8-29)22(36-24)20-12-33-23-19(20)7-18(11-32-23)25(26,27)28/h3-4,7,9-12,14-15,30H,5-6,13H2,1-2H3,(H,32,33)(H,34,35,36)/t14-,15+/m0/s1. The maximum atomic E-state index is 13.3. The Labute approximate surface area is 210 Å². The molecule has 0 spiro atoms. The summed E-state index contributed by atoms with van der Waals surface area (Å²) in [5.41, 5.74) is 0.964. The van der Waals surface area contributed by atoms with Gasteiger partial charge < -0.3 is 20.5 Å². The molecule has 0 aromatic carbocycles. The number of alkyl halides is 3. The van der Waals surface area contributed by atoms with Gasteiger partial charge in [0, 0.05) is 55.2 Å². The number of nitrogens with one attached hydrogen (secondary N) is 3. The summed E-state index contributed by atoms with van der Waals surface area (Å²) >= 11 is 0. The number of nitriles is 1. The van der Waals surface area contributed by atoms with E-state index in [2.05, 4.69) is 47.4 Å². The quantitative estimate of drug-likeness (QED) is 0.366. The van der Waals surface area contributed by atoms with Gasteiger partial charge in [0.2, 0.25) is 5.95 Å². The predicted molar refractivity (Wildman–Crippen MR) is 133 cm³/mol. The highest BCUT2D eigenvalue weighted by Crippen LogP contribution is 2.35. The van der Waals surface area contributed by atoms with Crippen LogP contribution >= 0.6 is 0 Å². The molecule has 2 atom stereocenters. The molecule has 4 aromatic rings. The minimum absolute atomic E-state index is 0.132. The van der Waals surface area contributed by atoms with Crippen LogP contribution in [0.2, 0.25) is 0 Å². The van der Waals surface area contributed by atoms with Crippen molar-refractivity contribution in [3.05, 3.63) is 59.7 Å². The van der Waals surface area contributed by atoms with Crippen molar-refractivity contribution in [3.63, 3.8) is 0 Å². The highest BCUT2D eigenvalue weighted by Gasteiger charge is 2.31. The Bertz CT molecular complexity index is 1460. The maximum Gasteiger partial charge on any atom is 0.417 e. The van der Waals surface area contributed by atoms with Crippen LogP contribution in [0, 0.1) is 11.3 Å². The van der Waals surface area contributed by atoms with Crippen molar-refractivity contribution < 1.29 is 13.2 Å². The fraction of sp³-hybridized carbons (Fsp3) is 0.320. The number of rotatable bonds is 5. The molecule has 37 heavy (non-hydrogen) atoms. The SMILES string of the molecule is C[C@H]1CN(c2ccc([C@@H](C)Nc3ncc(C#N)c(-c4c[nH]c5ncc(C(F)(F)F)cc45)n3)cn2)CCN1. The van der Waals surface area contributed by atoms with Crippen LogP contribution in [-0.4, -0.2) is 50.6 Å². The molecule has 3 N–H and O–H groups in total. The lowest BCUT2D eigenvalue weighted by Gasteiger charge is -2.32. The monoisotopic (exact) mass is 507 g/mol. The van der Waals surface area contributed by atoms with Crippen LogP contribution < -0.4 is 15.5 Å². The highest BCUT2D eigenvalue weighted by atomic mass is 19.4. The molecule has 4 aromatic heterocycles. The van der Waals surface area contributed by atoms with Crippen LogP contribution in [0.4, 0.5) is 24.9 Å². The van der Waals surface area contributed by atoms with E-state index in [-0.39, 0.29) is 34.3 Å². The first kappa shape index (κ1) is 24.5. The number of hydrogen-bond donors (Lipinski definition) is 3. The van der Waals surface area contributed by atoms with Crippen molar-refractivity contribution in [2.45, 2.75) is 32.1 Å². The van der Waals surface area contributed by atoms with E-state index in [9.17, 15) is 18.4 Å². The van der Waals surface area contributed by atoms with Crippen molar-refractivity contribution in [2.75, 3.05) is 29.9 Å². The van der Waals surface area contributed by atoms with E-state index < -0.39 is 11.7 Å². The molecule has 1 fully saturated rings. The van der Waals surface area contributed by atoms with E-state index >= 15 is 0 Å². The predicted octanol–water partition coefficient (Wildman–Crippen LogP) is 4.28. The van der Waals surface area contributed by atoms with Crippen molar-refractivity contribution in [1.82, 2.24) is 30.2 Å². The number of H-pyrrole nitrogens is 1. The highest BCUT2D eigenvalue weighted by molar-refractivity contribution is 5.94. The molecule has 1 aliphatic rings. The first-order valence-electron chi connectivity index (χ1n) is 11.8. The summed E-state index contributed by atoms with van der Waals surface area (Å²) in [6.07, 6.45) is 0.866. The Kier molecular flexibility index (Phi) is 6.39. The Hall–Kier alpha value is -4.24. The second-order valence-electron chi connectivity index (χ2n) is 9.00. The van der Waals surface area contributed by atoms with Gasteiger partial charge in [-0.15, -0.1) is 0 Å². The third-order valence-electron chi connectivity index (χ3n) is 6.33. The van der Waals surface area contributed by atoms with Gasteiger partial charge in [-0.05, 0) is 31.5 Å². The Balaban J connectivity index is 1.41. The molecule has 0 unspecified atom stereocenters. The van der Waals surface area contributed by atoms with Gasteiger partial charge in [-0.2, -0.15) is 18.4 Å². The average molecular weight is 508 g/mol. The molecule has 0 saturated carbocycles. The topological polar surface area (TPSA) is 118 Å².